The smallest absolute Gasteiger partial charge is 0.333 e. The van der Waals surface area contributed by atoms with Crippen LogP contribution in [0.25, 0.3) is 0 Å². The van der Waals surface area contributed by atoms with Crippen LogP contribution in [0.3, 0.4) is 0 Å². The summed E-state index contributed by atoms with van der Waals surface area (Å²) in [6.07, 6.45) is 3.94. The molecule has 14 heavy (non-hydrogen) atoms. The van der Waals surface area contributed by atoms with Gasteiger partial charge >= 0.3 is 5.97 Å². The van der Waals surface area contributed by atoms with Crippen molar-refractivity contribution in [3.8, 4) is 0 Å². The first-order chi connectivity index (χ1) is 6.47. The van der Waals surface area contributed by atoms with E-state index >= 15 is 0 Å². The molecule has 0 spiro atoms. The molecule has 0 bridgehead atoms. The molecule has 0 saturated carbocycles. The average Bonchev–Trinajstić information content (AvgIpc) is 2.02. The molecule has 0 aliphatic heterocycles. The number of hydrogen-bond donors (Lipinski definition) is 0. The second-order valence-electron chi connectivity index (χ2n) is 4.10. The minimum absolute atomic E-state index is 0.0306. The van der Waals surface area contributed by atoms with E-state index in [1.165, 1.54) is 0 Å². The summed E-state index contributed by atoms with van der Waals surface area (Å²) in [4.78, 5) is 11.5. The topological polar surface area (TPSA) is 26.3 Å². The van der Waals surface area contributed by atoms with Gasteiger partial charge in [-0.25, -0.2) is 4.79 Å². The first-order valence-corrected chi connectivity index (χ1v) is 5.36. The molecule has 0 rings (SSSR count). The fourth-order valence-corrected chi connectivity index (χ4v) is 1.31. The van der Waals surface area contributed by atoms with Crippen LogP contribution >= 0.6 is 0 Å². The zero-order valence-corrected chi connectivity index (χ0v) is 9.96. The van der Waals surface area contributed by atoms with Gasteiger partial charge in [-0.3, -0.25) is 0 Å². The maximum absolute atomic E-state index is 11.5. The van der Waals surface area contributed by atoms with Gasteiger partial charge in [0.1, 0.15) is 0 Å². The normalized spacial score (nSPS) is 14.3. The van der Waals surface area contributed by atoms with Crippen LogP contribution in [0.15, 0.2) is 11.6 Å². The average molecular weight is 198 g/mol. The number of rotatable bonds is 5. The van der Waals surface area contributed by atoms with Crippen molar-refractivity contribution < 1.29 is 9.53 Å². The molecule has 1 atom stereocenters. The Bertz CT molecular complexity index is 204. The van der Waals surface area contributed by atoms with Gasteiger partial charge in [-0.1, -0.05) is 33.3 Å². The highest BCUT2D eigenvalue weighted by molar-refractivity contribution is 5.87. The van der Waals surface area contributed by atoms with Crippen molar-refractivity contribution in [2.75, 3.05) is 0 Å². The molecule has 0 radical (unpaired) electrons. The Morgan fingerprint density at radius 2 is 1.93 bits per heavy atom. The van der Waals surface area contributed by atoms with Crippen molar-refractivity contribution in [1.82, 2.24) is 0 Å². The van der Waals surface area contributed by atoms with E-state index in [0.29, 0.717) is 11.5 Å². The number of hydrogen-bond acceptors (Lipinski definition) is 2. The zero-order valence-electron chi connectivity index (χ0n) is 9.96. The highest BCUT2D eigenvalue weighted by Gasteiger charge is 2.10. The van der Waals surface area contributed by atoms with Gasteiger partial charge in [0.05, 0.1) is 6.10 Å². The van der Waals surface area contributed by atoms with Crippen molar-refractivity contribution in [3.05, 3.63) is 11.6 Å². The van der Waals surface area contributed by atoms with Crippen LogP contribution in [0.4, 0.5) is 0 Å². The second kappa shape index (κ2) is 6.63. The largest absolute Gasteiger partial charge is 0.459 e. The van der Waals surface area contributed by atoms with E-state index < -0.39 is 0 Å². The van der Waals surface area contributed by atoms with Gasteiger partial charge < -0.3 is 4.74 Å². The lowest BCUT2D eigenvalue weighted by molar-refractivity contribution is -0.143. The molecule has 2 heteroatoms. The van der Waals surface area contributed by atoms with Crippen molar-refractivity contribution in [1.29, 1.82) is 0 Å². The number of ether oxygens (including phenoxy) is 1. The van der Waals surface area contributed by atoms with Crippen LogP contribution in [0, 0.1) is 5.92 Å². The molecular weight excluding hydrogens is 176 g/mol. The van der Waals surface area contributed by atoms with Gasteiger partial charge in [0, 0.05) is 5.57 Å². The first kappa shape index (κ1) is 13.2. The predicted octanol–water partition coefficient (Wildman–Crippen LogP) is 3.32. The number of carbonyl (C=O) groups excluding carboxylic acids is 1. The molecule has 0 unspecified atom stereocenters. The molecule has 0 N–H and O–H groups in total. The Morgan fingerprint density at radius 3 is 2.36 bits per heavy atom. The third-order valence-corrected chi connectivity index (χ3v) is 1.91. The summed E-state index contributed by atoms with van der Waals surface area (Å²) in [5, 5.41) is 0. The standard InChI is InChI=1S/C12H22O2/c1-6-7-11(5)14-12(13)10(4)8-9(2)3/h8-9,11H,6-7H2,1-5H3/t11-/m0/s1. The molecule has 0 aromatic rings. The van der Waals surface area contributed by atoms with Crippen LogP contribution < -0.4 is 0 Å². The summed E-state index contributed by atoms with van der Waals surface area (Å²) in [6, 6.07) is 0. The molecule has 0 amide bonds. The van der Waals surface area contributed by atoms with E-state index in [-0.39, 0.29) is 12.1 Å². The number of esters is 1. The molecule has 0 heterocycles. The number of carbonyl (C=O) groups is 1. The molecule has 0 aliphatic rings. The van der Waals surface area contributed by atoms with Gasteiger partial charge in [0.15, 0.2) is 0 Å². The third-order valence-electron chi connectivity index (χ3n) is 1.91. The predicted molar refractivity (Wildman–Crippen MR) is 59.1 cm³/mol. The van der Waals surface area contributed by atoms with Crippen LogP contribution in [0.5, 0.6) is 0 Å². The molecule has 0 fully saturated rings. The lowest BCUT2D eigenvalue weighted by atomic mass is 10.1. The van der Waals surface area contributed by atoms with Crippen molar-refractivity contribution in [3.63, 3.8) is 0 Å². The zero-order chi connectivity index (χ0) is 11.1. The Kier molecular flexibility index (Phi) is 6.26. The van der Waals surface area contributed by atoms with Crippen LogP contribution in [-0.2, 0) is 9.53 Å². The van der Waals surface area contributed by atoms with Gasteiger partial charge in [-0.15, -0.1) is 0 Å². The molecule has 2 nitrogen and oxygen atoms in total. The number of allylic oxidation sites excluding steroid dienone is 1. The van der Waals surface area contributed by atoms with Gasteiger partial charge in [0.2, 0.25) is 0 Å². The Balaban J connectivity index is 4.07. The van der Waals surface area contributed by atoms with E-state index in [0.717, 1.165) is 12.8 Å². The fraction of sp³-hybridized carbons (Fsp3) is 0.750. The van der Waals surface area contributed by atoms with E-state index in [1.54, 1.807) is 6.92 Å². The van der Waals surface area contributed by atoms with E-state index in [9.17, 15) is 4.79 Å². The molecular formula is C12H22O2. The monoisotopic (exact) mass is 198 g/mol. The van der Waals surface area contributed by atoms with Crippen LogP contribution in [0.2, 0.25) is 0 Å². The first-order valence-electron chi connectivity index (χ1n) is 5.36. The Hall–Kier alpha value is -0.790. The van der Waals surface area contributed by atoms with E-state index in [4.69, 9.17) is 4.74 Å². The minimum atomic E-state index is -0.181. The minimum Gasteiger partial charge on any atom is -0.459 e. The second-order valence-corrected chi connectivity index (χ2v) is 4.10. The summed E-state index contributed by atoms with van der Waals surface area (Å²) in [5.41, 5.74) is 0.711. The van der Waals surface area contributed by atoms with Crippen molar-refractivity contribution in [2.45, 2.75) is 53.6 Å². The van der Waals surface area contributed by atoms with E-state index in [1.807, 2.05) is 26.8 Å². The van der Waals surface area contributed by atoms with Gasteiger partial charge in [-0.05, 0) is 26.2 Å². The molecule has 0 aliphatic carbocycles. The molecule has 82 valence electrons. The summed E-state index contributed by atoms with van der Waals surface area (Å²) < 4.78 is 5.25. The molecule has 0 aromatic carbocycles. The third kappa shape index (κ3) is 5.79. The van der Waals surface area contributed by atoms with Crippen molar-refractivity contribution in [2.24, 2.45) is 5.92 Å². The highest BCUT2D eigenvalue weighted by Crippen LogP contribution is 2.08. The summed E-state index contributed by atoms with van der Waals surface area (Å²) in [6.45, 7) is 9.92. The summed E-state index contributed by atoms with van der Waals surface area (Å²) >= 11 is 0. The Morgan fingerprint density at radius 1 is 1.36 bits per heavy atom. The van der Waals surface area contributed by atoms with E-state index in [2.05, 4.69) is 6.92 Å². The lowest BCUT2D eigenvalue weighted by Crippen LogP contribution is -2.15. The summed E-state index contributed by atoms with van der Waals surface area (Å²) in [7, 11) is 0. The maximum atomic E-state index is 11.5. The van der Waals surface area contributed by atoms with Gasteiger partial charge in [-0.2, -0.15) is 0 Å². The van der Waals surface area contributed by atoms with Crippen molar-refractivity contribution >= 4 is 5.97 Å². The maximum Gasteiger partial charge on any atom is 0.333 e. The fourth-order valence-electron chi connectivity index (χ4n) is 1.31. The molecule has 0 aromatic heterocycles. The van der Waals surface area contributed by atoms with Gasteiger partial charge in [0.25, 0.3) is 0 Å². The Labute approximate surface area is 87.3 Å². The van der Waals surface area contributed by atoms with Crippen LogP contribution in [-0.4, -0.2) is 12.1 Å². The molecule has 0 saturated heterocycles. The lowest BCUT2D eigenvalue weighted by Gasteiger charge is -2.12. The highest BCUT2D eigenvalue weighted by atomic mass is 16.5. The summed E-state index contributed by atoms with van der Waals surface area (Å²) in [5.74, 6) is 0.212. The SMILES string of the molecule is CCC[C@H](C)OC(=O)C(C)=CC(C)C. The van der Waals surface area contributed by atoms with Crippen LogP contribution in [0.1, 0.15) is 47.5 Å². The quantitative estimate of drug-likeness (QED) is 0.500.